The number of nitrogens with one attached hydrogen (secondary N) is 1. The molecule has 0 fully saturated rings. The molecular formula is C10H16BrN3O. The maximum atomic E-state index is 8.59. The Bertz CT molecular complexity index is 266. The van der Waals surface area contributed by atoms with Crippen molar-refractivity contribution in [3.8, 4) is 0 Å². The maximum Gasteiger partial charge on any atom is 0.222 e. The van der Waals surface area contributed by atoms with Gasteiger partial charge in [-0.05, 0) is 28.8 Å². The summed E-state index contributed by atoms with van der Waals surface area (Å²) in [6.07, 6.45) is 7.64. The molecule has 0 spiro atoms. The molecule has 1 rings (SSSR count). The van der Waals surface area contributed by atoms with Crippen LogP contribution in [-0.2, 0) is 0 Å². The summed E-state index contributed by atoms with van der Waals surface area (Å²) in [6.45, 7) is 1.18. The fourth-order valence-corrected chi connectivity index (χ4v) is 1.40. The van der Waals surface area contributed by atoms with E-state index in [9.17, 15) is 0 Å². The summed E-state index contributed by atoms with van der Waals surface area (Å²) in [5.74, 6) is 0.667. The minimum Gasteiger partial charge on any atom is -0.396 e. The number of anilines is 1. The summed E-state index contributed by atoms with van der Waals surface area (Å²) in [5.41, 5.74) is 0. The molecule has 5 heteroatoms. The van der Waals surface area contributed by atoms with Gasteiger partial charge in [0.15, 0.2) is 0 Å². The van der Waals surface area contributed by atoms with Crippen LogP contribution in [-0.4, -0.2) is 28.2 Å². The second kappa shape index (κ2) is 7.59. The second-order valence-electron chi connectivity index (χ2n) is 3.29. The average molecular weight is 274 g/mol. The minimum atomic E-state index is 0.295. The lowest BCUT2D eigenvalue weighted by atomic mass is 10.2. The Morgan fingerprint density at radius 3 is 2.47 bits per heavy atom. The van der Waals surface area contributed by atoms with Crippen molar-refractivity contribution in [2.24, 2.45) is 0 Å². The van der Waals surface area contributed by atoms with Gasteiger partial charge in [0.2, 0.25) is 5.95 Å². The third-order valence-corrected chi connectivity index (χ3v) is 2.40. The highest BCUT2D eigenvalue weighted by Crippen LogP contribution is 2.07. The van der Waals surface area contributed by atoms with Gasteiger partial charge in [0, 0.05) is 25.5 Å². The number of nitrogens with zero attached hydrogens (tertiary/aromatic N) is 2. The van der Waals surface area contributed by atoms with Gasteiger partial charge in [0.1, 0.15) is 0 Å². The van der Waals surface area contributed by atoms with Gasteiger partial charge in [-0.3, -0.25) is 0 Å². The van der Waals surface area contributed by atoms with Crippen LogP contribution in [0.15, 0.2) is 16.9 Å². The van der Waals surface area contributed by atoms with Crippen LogP contribution >= 0.6 is 15.9 Å². The molecule has 0 atom stereocenters. The zero-order valence-corrected chi connectivity index (χ0v) is 10.2. The number of aliphatic hydroxyl groups excluding tert-OH is 1. The topological polar surface area (TPSA) is 58.0 Å². The predicted octanol–water partition coefficient (Wildman–Crippen LogP) is 2.20. The molecule has 0 aromatic carbocycles. The van der Waals surface area contributed by atoms with Crippen molar-refractivity contribution in [3.63, 3.8) is 0 Å². The largest absolute Gasteiger partial charge is 0.396 e. The molecule has 0 saturated heterocycles. The zero-order valence-electron chi connectivity index (χ0n) is 8.62. The zero-order chi connectivity index (χ0) is 10.9. The number of halogens is 1. The Morgan fingerprint density at radius 2 is 1.80 bits per heavy atom. The minimum absolute atomic E-state index is 0.295. The predicted molar refractivity (Wildman–Crippen MR) is 63.8 cm³/mol. The molecule has 0 aliphatic rings. The fraction of sp³-hybridized carbons (Fsp3) is 0.600. The van der Waals surface area contributed by atoms with Crippen LogP contribution in [0, 0.1) is 0 Å². The van der Waals surface area contributed by atoms with Gasteiger partial charge >= 0.3 is 0 Å². The molecule has 4 nitrogen and oxygen atoms in total. The molecular weight excluding hydrogens is 258 g/mol. The van der Waals surface area contributed by atoms with E-state index < -0.39 is 0 Å². The third-order valence-electron chi connectivity index (χ3n) is 1.99. The van der Waals surface area contributed by atoms with Crippen molar-refractivity contribution >= 4 is 21.9 Å². The second-order valence-corrected chi connectivity index (χ2v) is 4.21. The van der Waals surface area contributed by atoms with Crippen LogP contribution < -0.4 is 5.32 Å². The lowest BCUT2D eigenvalue weighted by Crippen LogP contribution is -2.04. The van der Waals surface area contributed by atoms with Crippen molar-refractivity contribution in [1.29, 1.82) is 0 Å². The standard InChI is InChI=1S/C10H16BrN3O/c11-9-7-13-10(14-8-9)12-5-3-1-2-4-6-15/h7-8,15H,1-6H2,(H,12,13,14). The first kappa shape index (κ1) is 12.4. The summed E-state index contributed by atoms with van der Waals surface area (Å²) >= 11 is 3.28. The quantitative estimate of drug-likeness (QED) is 0.748. The Morgan fingerprint density at radius 1 is 1.13 bits per heavy atom. The molecule has 0 unspecified atom stereocenters. The first-order chi connectivity index (χ1) is 7.33. The van der Waals surface area contributed by atoms with Crippen molar-refractivity contribution in [2.45, 2.75) is 25.7 Å². The summed E-state index contributed by atoms with van der Waals surface area (Å²) in [6, 6.07) is 0. The Labute approximate surface area is 98.3 Å². The van der Waals surface area contributed by atoms with Crippen molar-refractivity contribution < 1.29 is 5.11 Å². The highest BCUT2D eigenvalue weighted by molar-refractivity contribution is 9.10. The van der Waals surface area contributed by atoms with Gasteiger partial charge in [0.25, 0.3) is 0 Å². The van der Waals surface area contributed by atoms with Crippen molar-refractivity contribution in [3.05, 3.63) is 16.9 Å². The monoisotopic (exact) mass is 273 g/mol. The van der Waals surface area contributed by atoms with E-state index in [1.807, 2.05) is 0 Å². The number of unbranched alkanes of at least 4 members (excludes halogenated alkanes) is 3. The fourth-order valence-electron chi connectivity index (χ4n) is 1.19. The van der Waals surface area contributed by atoms with Crippen molar-refractivity contribution in [1.82, 2.24) is 9.97 Å². The number of aliphatic hydroxyl groups is 1. The molecule has 0 bridgehead atoms. The van der Waals surface area contributed by atoms with Gasteiger partial charge in [-0.2, -0.15) is 0 Å². The highest BCUT2D eigenvalue weighted by atomic mass is 79.9. The Kier molecular flexibility index (Phi) is 6.27. The van der Waals surface area contributed by atoms with E-state index in [0.29, 0.717) is 12.6 Å². The Hall–Kier alpha value is -0.680. The van der Waals surface area contributed by atoms with Crippen molar-refractivity contribution in [2.75, 3.05) is 18.5 Å². The molecule has 0 amide bonds. The first-order valence-electron chi connectivity index (χ1n) is 5.15. The summed E-state index contributed by atoms with van der Waals surface area (Å²) in [4.78, 5) is 8.21. The van der Waals surface area contributed by atoms with Gasteiger partial charge < -0.3 is 10.4 Å². The average Bonchev–Trinajstić information content (AvgIpc) is 2.26. The van der Waals surface area contributed by atoms with Crippen LogP contribution in [0.2, 0.25) is 0 Å². The molecule has 1 aromatic rings. The summed E-state index contributed by atoms with van der Waals surface area (Å²) in [5, 5.41) is 11.7. The van der Waals surface area contributed by atoms with E-state index in [0.717, 1.165) is 36.7 Å². The van der Waals surface area contributed by atoms with Crippen LogP contribution in [0.3, 0.4) is 0 Å². The molecule has 15 heavy (non-hydrogen) atoms. The smallest absolute Gasteiger partial charge is 0.222 e. The Balaban J connectivity index is 2.07. The van der Waals surface area contributed by atoms with Crippen LogP contribution in [0.4, 0.5) is 5.95 Å². The maximum absolute atomic E-state index is 8.59. The molecule has 0 saturated carbocycles. The molecule has 0 aliphatic carbocycles. The highest BCUT2D eigenvalue weighted by Gasteiger charge is 1.94. The van der Waals surface area contributed by atoms with E-state index in [1.54, 1.807) is 12.4 Å². The van der Waals surface area contributed by atoms with Crippen LogP contribution in [0.1, 0.15) is 25.7 Å². The number of rotatable bonds is 7. The van der Waals surface area contributed by atoms with Crippen LogP contribution in [0.5, 0.6) is 0 Å². The van der Waals surface area contributed by atoms with E-state index in [1.165, 1.54) is 0 Å². The molecule has 0 aliphatic heterocycles. The lowest BCUT2D eigenvalue weighted by molar-refractivity contribution is 0.283. The molecule has 0 radical (unpaired) electrons. The summed E-state index contributed by atoms with van der Waals surface area (Å²) < 4.78 is 0.885. The third kappa shape index (κ3) is 5.69. The van der Waals surface area contributed by atoms with Crippen LogP contribution in [0.25, 0.3) is 0 Å². The molecule has 84 valence electrons. The van der Waals surface area contributed by atoms with E-state index in [-0.39, 0.29) is 0 Å². The van der Waals surface area contributed by atoms with E-state index in [2.05, 4.69) is 31.2 Å². The van der Waals surface area contributed by atoms with E-state index >= 15 is 0 Å². The number of hydrogen-bond acceptors (Lipinski definition) is 4. The molecule has 1 aromatic heterocycles. The normalized spacial score (nSPS) is 10.3. The molecule has 1 heterocycles. The first-order valence-corrected chi connectivity index (χ1v) is 5.94. The van der Waals surface area contributed by atoms with Gasteiger partial charge in [-0.25, -0.2) is 9.97 Å². The van der Waals surface area contributed by atoms with Gasteiger partial charge in [0.05, 0.1) is 4.47 Å². The molecule has 2 N–H and O–H groups in total. The van der Waals surface area contributed by atoms with E-state index in [4.69, 9.17) is 5.11 Å². The SMILES string of the molecule is OCCCCCCNc1ncc(Br)cn1. The lowest BCUT2D eigenvalue weighted by Gasteiger charge is -2.03. The number of aromatic nitrogens is 2. The summed E-state index contributed by atoms with van der Waals surface area (Å²) in [7, 11) is 0. The van der Waals surface area contributed by atoms with Gasteiger partial charge in [-0.1, -0.05) is 12.8 Å². The van der Waals surface area contributed by atoms with Gasteiger partial charge in [-0.15, -0.1) is 0 Å². The number of hydrogen-bond donors (Lipinski definition) is 2.